The molecule has 0 radical (unpaired) electrons. The lowest BCUT2D eigenvalue weighted by molar-refractivity contribution is 0.170. The van der Waals surface area contributed by atoms with Gasteiger partial charge >= 0.3 is 0 Å². The molecule has 0 aliphatic carbocycles. The van der Waals surface area contributed by atoms with Gasteiger partial charge in [-0.15, -0.1) is 0 Å². The van der Waals surface area contributed by atoms with Crippen LogP contribution in [-0.4, -0.2) is 51.3 Å². The first-order chi connectivity index (χ1) is 9.69. The van der Waals surface area contributed by atoms with E-state index in [0.717, 1.165) is 18.0 Å². The van der Waals surface area contributed by atoms with Gasteiger partial charge in [0.15, 0.2) is 0 Å². The molecular formula is C16H26N2O2. The maximum Gasteiger partial charge on any atom is 0.119 e. The van der Waals surface area contributed by atoms with Crippen LogP contribution in [0.1, 0.15) is 13.3 Å². The molecule has 1 aliphatic rings. The zero-order valence-corrected chi connectivity index (χ0v) is 12.8. The summed E-state index contributed by atoms with van der Waals surface area (Å²) in [5.41, 5.74) is 0. The van der Waals surface area contributed by atoms with Crippen molar-refractivity contribution in [3.05, 3.63) is 24.3 Å². The molecule has 1 saturated heterocycles. The van der Waals surface area contributed by atoms with E-state index in [2.05, 4.69) is 24.2 Å². The number of hydrogen-bond donors (Lipinski definition) is 1. The molecule has 1 aliphatic heterocycles. The third-order valence-electron chi connectivity index (χ3n) is 3.95. The normalized spacial score (nSPS) is 23.6. The van der Waals surface area contributed by atoms with Gasteiger partial charge in [-0.3, -0.25) is 0 Å². The molecule has 2 rings (SSSR count). The highest BCUT2D eigenvalue weighted by molar-refractivity contribution is 5.31. The van der Waals surface area contributed by atoms with Crippen molar-refractivity contribution < 1.29 is 9.47 Å². The molecule has 1 N–H and O–H groups in total. The number of piperidine rings is 1. The van der Waals surface area contributed by atoms with Crippen LogP contribution in [0.4, 0.5) is 0 Å². The lowest BCUT2D eigenvalue weighted by Crippen LogP contribution is -2.47. The zero-order chi connectivity index (χ0) is 14.4. The van der Waals surface area contributed by atoms with E-state index in [0.29, 0.717) is 18.6 Å². The van der Waals surface area contributed by atoms with Crippen LogP contribution in [0.5, 0.6) is 11.5 Å². The van der Waals surface area contributed by atoms with E-state index in [1.807, 2.05) is 24.3 Å². The van der Waals surface area contributed by atoms with Crippen LogP contribution in [0.2, 0.25) is 0 Å². The van der Waals surface area contributed by atoms with Crippen molar-refractivity contribution in [2.24, 2.45) is 5.92 Å². The summed E-state index contributed by atoms with van der Waals surface area (Å²) in [6, 6.07) is 8.34. The van der Waals surface area contributed by atoms with Crippen molar-refractivity contribution in [3.63, 3.8) is 0 Å². The molecule has 4 heteroatoms. The maximum absolute atomic E-state index is 5.72. The Morgan fingerprint density at radius 1 is 1.25 bits per heavy atom. The van der Waals surface area contributed by atoms with E-state index in [1.165, 1.54) is 19.5 Å². The largest absolute Gasteiger partial charge is 0.497 e. The van der Waals surface area contributed by atoms with Crippen molar-refractivity contribution in [1.82, 2.24) is 10.2 Å². The second-order valence-electron chi connectivity index (χ2n) is 5.61. The summed E-state index contributed by atoms with van der Waals surface area (Å²) in [4.78, 5) is 2.40. The second kappa shape index (κ2) is 7.50. The highest BCUT2D eigenvalue weighted by Gasteiger charge is 2.23. The Labute approximate surface area is 122 Å². The number of nitrogens with zero attached hydrogens (tertiary/aromatic N) is 1. The highest BCUT2D eigenvalue weighted by atomic mass is 16.5. The van der Waals surface area contributed by atoms with Crippen molar-refractivity contribution in [2.75, 3.05) is 40.4 Å². The summed E-state index contributed by atoms with van der Waals surface area (Å²) in [6.45, 7) is 6.27. The minimum atomic E-state index is 0.616. The minimum Gasteiger partial charge on any atom is -0.497 e. The Bertz CT molecular complexity index is 394. The van der Waals surface area contributed by atoms with Gasteiger partial charge in [0.05, 0.1) is 7.11 Å². The van der Waals surface area contributed by atoms with E-state index in [9.17, 15) is 0 Å². The predicted octanol–water partition coefficient (Wildman–Crippen LogP) is 2.00. The van der Waals surface area contributed by atoms with Gasteiger partial charge in [0.25, 0.3) is 0 Å². The fourth-order valence-electron chi connectivity index (χ4n) is 2.74. The Morgan fingerprint density at radius 2 is 1.95 bits per heavy atom. The molecule has 2 unspecified atom stereocenters. The fraction of sp³-hybridized carbons (Fsp3) is 0.625. The Kier molecular flexibility index (Phi) is 5.68. The van der Waals surface area contributed by atoms with E-state index < -0.39 is 0 Å². The third-order valence-corrected chi connectivity index (χ3v) is 3.95. The molecule has 4 nitrogen and oxygen atoms in total. The van der Waals surface area contributed by atoms with Gasteiger partial charge in [-0.2, -0.15) is 0 Å². The summed E-state index contributed by atoms with van der Waals surface area (Å²) in [6.07, 6.45) is 1.22. The third kappa shape index (κ3) is 4.39. The lowest BCUT2D eigenvalue weighted by Gasteiger charge is -2.35. The Hall–Kier alpha value is -1.26. The van der Waals surface area contributed by atoms with Gasteiger partial charge < -0.3 is 19.7 Å². The van der Waals surface area contributed by atoms with Gasteiger partial charge in [-0.1, -0.05) is 6.92 Å². The number of likely N-dealkylation sites (tertiary alicyclic amines) is 1. The number of methoxy groups -OCH3 is 1. The van der Waals surface area contributed by atoms with Crippen molar-refractivity contribution >= 4 is 0 Å². The highest BCUT2D eigenvalue weighted by Crippen LogP contribution is 2.17. The maximum atomic E-state index is 5.72. The summed E-state index contributed by atoms with van der Waals surface area (Å²) >= 11 is 0. The Balaban J connectivity index is 1.65. The quantitative estimate of drug-likeness (QED) is 0.807. The first-order valence-corrected chi connectivity index (χ1v) is 7.38. The Morgan fingerprint density at radius 3 is 2.60 bits per heavy atom. The van der Waals surface area contributed by atoms with Crippen molar-refractivity contribution in [2.45, 2.75) is 19.4 Å². The second-order valence-corrected chi connectivity index (χ2v) is 5.61. The van der Waals surface area contributed by atoms with Gasteiger partial charge in [-0.25, -0.2) is 0 Å². The summed E-state index contributed by atoms with van der Waals surface area (Å²) in [5.74, 6) is 2.45. The first-order valence-electron chi connectivity index (χ1n) is 7.38. The van der Waals surface area contributed by atoms with Crippen LogP contribution in [0, 0.1) is 5.92 Å². The molecule has 112 valence electrons. The molecular weight excluding hydrogens is 252 g/mol. The minimum absolute atomic E-state index is 0.616. The standard InChI is InChI=1S/C16H26N2O2/c1-13-12-18(2)10-8-16(13)17-9-11-20-15-6-4-14(19-3)5-7-15/h4-7,13,16-17H,8-12H2,1-3H3. The fourth-order valence-corrected chi connectivity index (χ4v) is 2.74. The SMILES string of the molecule is COc1ccc(OCCNC2CCN(C)CC2C)cc1. The molecule has 0 bridgehead atoms. The first kappa shape index (κ1) is 15.1. The van der Waals surface area contributed by atoms with E-state index in [4.69, 9.17) is 9.47 Å². The smallest absolute Gasteiger partial charge is 0.119 e. The number of ether oxygens (including phenoxy) is 2. The number of hydrogen-bond acceptors (Lipinski definition) is 4. The van der Waals surface area contributed by atoms with Crippen LogP contribution in [-0.2, 0) is 0 Å². The average molecular weight is 278 g/mol. The van der Waals surface area contributed by atoms with Gasteiger partial charge in [0.1, 0.15) is 18.1 Å². The molecule has 20 heavy (non-hydrogen) atoms. The van der Waals surface area contributed by atoms with E-state index >= 15 is 0 Å². The molecule has 0 spiro atoms. The van der Waals surface area contributed by atoms with E-state index in [1.54, 1.807) is 7.11 Å². The molecule has 0 saturated carbocycles. The molecule has 1 aromatic carbocycles. The van der Waals surface area contributed by atoms with Gasteiger partial charge in [-0.05, 0) is 50.2 Å². The summed E-state index contributed by atoms with van der Waals surface area (Å²) in [5, 5.41) is 3.61. The predicted molar refractivity (Wildman–Crippen MR) is 81.6 cm³/mol. The van der Waals surface area contributed by atoms with Crippen LogP contribution in [0.3, 0.4) is 0 Å². The molecule has 2 atom stereocenters. The molecule has 0 amide bonds. The average Bonchev–Trinajstić information content (AvgIpc) is 2.46. The number of nitrogens with one attached hydrogen (secondary N) is 1. The van der Waals surface area contributed by atoms with Crippen LogP contribution < -0.4 is 14.8 Å². The zero-order valence-electron chi connectivity index (χ0n) is 12.8. The van der Waals surface area contributed by atoms with Crippen LogP contribution in [0.25, 0.3) is 0 Å². The molecule has 0 aromatic heterocycles. The topological polar surface area (TPSA) is 33.7 Å². The van der Waals surface area contributed by atoms with Gasteiger partial charge in [0.2, 0.25) is 0 Å². The number of benzene rings is 1. The van der Waals surface area contributed by atoms with Crippen LogP contribution >= 0.6 is 0 Å². The van der Waals surface area contributed by atoms with E-state index in [-0.39, 0.29) is 0 Å². The summed E-state index contributed by atoms with van der Waals surface area (Å²) in [7, 11) is 3.86. The lowest BCUT2D eigenvalue weighted by atomic mass is 9.94. The summed E-state index contributed by atoms with van der Waals surface area (Å²) < 4.78 is 10.8. The monoisotopic (exact) mass is 278 g/mol. The van der Waals surface area contributed by atoms with Crippen molar-refractivity contribution in [1.29, 1.82) is 0 Å². The molecule has 1 fully saturated rings. The molecule has 1 heterocycles. The molecule has 1 aromatic rings. The van der Waals surface area contributed by atoms with Crippen LogP contribution in [0.15, 0.2) is 24.3 Å². The van der Waals surface area contributed by atoms with Crippen molar-refractivity contribution in [3.8, 4) is 11.5 Å². The van der Waals surface area contributed by atoms with Gasteiger partial charge in [0, 0.05) is 19.1 Å². The number of rotatable bonds is 6.